The molecule has 1 aromatic heterocycles. The smallest absolute Gasteiger partial charge is 0.255 e. The number of rotatable bonds is 5. The molecule has 0 aromatic carbocycles. The summed E-state index contributed by atoms with van der Waals surface area (Å²) in [6.07, 6.45) is 5.22. The number of ether oxygens (including phenoxy) is 2. The topological polar surface area (TPSA) is 54.9 Å². The molecule has 2 aliphatic heterocycles. The van der Waals surface area contributed by atoms with Crippen molar-refractivity contribution in [3.8, 4) is 0 Å². The lowest BCUT2D eigenvalue weighted by atomic mass is 10.0. The van der Waals surface area contributed by atoms with Crippen LogP contribution in [0.25, 0.3) is 0 Å². The van der Waals surface area contributed by atoms with E-state index in [4.69, 9.17) is 9.47 Å². The number of fused-ring (bicyclic) bond motifs is 1. The highest BCUT2D eigenvalue weighted by molar-refractivity contribution is 5.94. The number of hydrogen-bond acceptors (Lipinski definition) is 5. The van der Waals surface area contributed by atoms with E-state index in [-0.39, 0.29) is 24.2 Å². The number of amides is 1. The van der Waals surface area contributed by atoms with Crippen LogP contribution in [0.2, 0.25) is 0 Å². The molecule has 0 spiro atoms. The van der Waals surface area contributed by atoms with Gasteiger partial charge in [-0.1, -0.05) is 0 Å². The van der Waals surface area contributed by atoms with Crippen LogP contribution in [0.15, 0.2) is 24.5 Å². The molecule has 2 aliphatic rings. The van der Waals surface area contributed by atoms with E-state index in [1.54, 1.807) is 18.5 Å². The zero-order chi connectivity index (χ0) is 16.2. The monoisotopic (exact) mass is 319 g/mol. The minimum atomic E-state index is -0.0409. The van der Waals surface area contributed by atoms with Crippen LogP contribution in [0.3, 0.4) is 0 Å². The second-order valence-electron chi connectivity index (χ2n) is 6.46. The third kappa shape index (κ3) is 3.71. The van der Waals surface area contributed by atoms with Gasteiger partial charge in [-0.3, -0.25) is 9.78 Å². The molecule has 3 rings (SSSR count). The first-order valence-corrected chi connectivity index (χ1v) is 8.26. The van der Waals surface area contributed by atoms with Crippen LogP contribution >= 0.6 is 0 Å². The van der Waals surface area contributed by atoms with Crippen LogP contribution in [0, 0.1) is 0 Å². The van der Waals surface area contributed by atoms with Crippen LogP contribution in [0.5, 0.6) is 0 Å². The lowest BCUT2D eigenvalue weighted by Crippen LogP contribution is -2.44. The van der Waals surface area contributed by atoms with E-state index >= 15 is 0 Å². The Morgan fingerprint density at radius 3 is 3.13 bits per heavy atom. The van der Waals surface area contributed by atoms with E-state index in [0.29, 0.717) is 18.7 Å². The van der Waals surface area contributed by atoms with E-state index < -0.39 is 0 Å². The number of carbonyl (C=O) groups excluding carboxylic acids is 1. The molecule has 0 bridgehead atoms. The van der Waals surface area contributed by atoms with Gasteiger partial charge in [0, 0.05) is 25.5 Å². The van der Waals surface area contributed by atoms with Gasteiger partial charge in [0.25, 0.3) is 5.91 Å². The molecule has 6 nitrogen and oxygen atoms in total. The van der Waals surface area contributed by atoms with Gasteiger partial charge in [-0.25, -0.2) is 0 Å². The lowest BCUT2D eigenvalue weighted by molar-refractivity contribution is -0.0776. The molecular formula is C17H25N3O3. The highest BCUT2D eigenvalue weighted by Crippen LogP contribution is 2.31. The highest BCUT2D eigenvalue weighted by atomic mass is 16.5. The molecule has 1 aromatic rings. The Labute approximate surface area is 137 Å². The van der Waals surface area contributed by atoms with Gasteiger partial charge in [-0.15, -0.1) is 0 Å². The summed E-state index contributed by atoms with van der Waals surface area (Å²) in [5, 5.41) is 0. The molecule has 1 amide bonds. The number of likely N-dealkylation sites (N-methyl/N-ethyl adjacent to an activating group) is 1. The van der Waals surface area contributed by atoms with Gasteiger partial charge in [0.05, 0.1) is 24.8 Å². The van der Waals surface area contributed by atoms with Crippen molar-refractivity contribution in [2.45, 2.75) is 31.1 Å². The average Bonchev–Trinajstić information content (AvgIpc) is 2.94. The maximum atomic E-state index is 12.8. The van der Waals surface area contributed by atoms with Gasteiger partial charge in [-0.05, 0) is 39.1 Å². The van der Waals surface area contributed by atoms with Crippen molar-refractivity contribution >= 4 is 5.91 Å². The van der Waals surface area contributed by atoms with Crippen molar-refractivity contribution < 1.29 is 14.3 Å². The van der Waals surface area contributed by atoms with Crippen LogP contribution in [-0.4, -0.2) is 79.3 Å². The summed E-state index contributed by atoms with van der Waals surface area (Å²) in [5.74, 6) is 0.0253. The van der Waals surface area contributed by atoms with E-state index in [0.717, 1.165) is 26.0 Å². The summed E-state index contributed by atoms with van der Waals surface area (Å²) in [5.41, 5.74) is 0.630. The van der Waals surface area contributed by atoms with Crippen LogP contribution in [0.1, 0.15) is 23.2 Å². The summed E-state index contributed by atoms with van der Waals surface area (Å²) in [4.78, 5) is 20.9. The van der Waals surface area contributed by atoms with Crippen LogP contribution in [0.4, 0.5) is 0 Å². The Bertz CT molecular complexity index is 523. The summed E-state index contributed by atoms with van der Waals surface area (Å²) in [6.45, 7) is 2.86. The molecule has 0 N–H and O–H groups in total. The number of carbonyl (C=O) groups is 1. The first-order chi connectivity index (χ1) is 11.2. The van der Waals surface area contributed by atoms with Gasteiger partial charge < -0.3 is 19.3 Å². The van der Waals surface area contributed by atoms with Crippen molar-refractivity contribution in [3.05, 3.63) is 30.1 Å². The predicted octanol–water partition coefficient (Wildman–Crippen LogP) is 1.03. The average molecular weight is 319 g/mol. The fourth-order valence-corrected chi connectivity index (χ4v) is 3.33. The Morgan fingerprint density at radius 1 is 1.52 bits per heavy atom. The molecule has 126 valence electrons. The number of likely N-dealkylation sites (tertiary alicyclic amines) is 1. The van der Waals surface area contributed by atoms with Crippen molar-refractivity contribution in [1.29, 1.82) is 0 Å². The predicted molar refractivity (Wildman–Crippen MR) is 86.3 cm³/mol. The maximum Gasteiger partial charge on any atom is 0.255 e. The molecule has 0 saturated carbocycles. The van der Waals surface area contributed by atoms with Crippen LogP contribution in [-0.2, 0) is 9.47 Å². The second kappa shape index (κ2) is 7.38. The Hall–Kier alpha value is -1.50. The first kappa shape index (κ1) is 16.4. The molecule has 0 unspecified atom stereocenters. The first-order valence-electron chi connectivity index (χ1n) is 8.26. The zero-order valence-electron chi connectivity index (χ0n) is 13.9. The molecule has 2 saturated heterocycles. The highest BCUT2D eigenvalue weighted by Gasteiger charge is 2.46. The zero-order valence-corrected chi connectivity index (χ0v) is 13.9. The quantitative estimate of drug-likeness (QED) is 0.811. The van der Waals surface area contributed by atoms with E-state index in [1.165, 1.54) is 0 Å². The molecule has 0 radical (unpaired) electrons. The van der Waals surface area contributed by atoms with Crippen molar-refractivity contribution in [2.75, 3.05) is 40.4 Å². The van der Waals surface area contributed by atoms with Gasteiger partial charge >= 0.3 is 0 Å². The SMILES string of the molecule is CN(C)CCO[C@@H]1CN(C(=O)c2cccnc2)[C@H]2CCCO[C@@H]12. The fraction of sp³-hybridized carbons (Fsp3) is 0.647. The van der Waals surface area contributed by atoms with E-state index in [2.05, 4.69) is 9.88 Å². The Morgan fingerprint density at radius 2 is 2.39 bits per heavy atom. The molecule has 23 heavy (non-hydrogen) atoms. The standard InChI is InChI=1S/C17H25N3O3/c1-19(2)8-10-22-15-12-20(14-6-4-9-23-16(14)15)17(21)13-5-3-7-18-11-13/h3,5,7,11,14-16H,4,6,8-10,12H2,1-2H3/t14-,15+,16+/m0/s1. The number of hydrogen-bond donors (Lipinski definition) is 0. The fourth-order valence-electron chi connectivity index (χ4n) is 3.33. The number of nitrogens with zero attached hydrogens (tertiary/aromatic N) is 3. The summed E-state index contributed by atoms with van der Waals surface area (Å²) in [6, 6.07) is 3.72. The number of aromatic nitrogens is 1. The second-order valence-corrected chi connectivity index (χ2v) is 6.46. The summed E-state index contributed by atoms with van der Waals surface area (Å²) in [7, 11) is 4.05. The summed E-state index contributed by atoms with van der Waals surface area (Å²) >= 11 is 0. The van der Waals surface area contributed by atoms with Gasteiger partial charge in [0.1, 0.15) is 12.2 Å². The third-order valence-electron chi connectivity index (χ3n) is 4.52. The minimum absolute atomic E-state index is 0.00784. The van der Waals surface area contributed by atoms with Gasteiger partial charge in [0.15, 0.2) is 0 Å². The molecule has 2 fully saturated rings. The molecule has 3 heterocycles. The molecule has 3 atom stereocenters. The summed E-state index contributed by atoms with van der Waals surface area (Å²) < 4.78 is 12.0. The normalized spacial score (nSPS) is 27.3. The lowest BCUT2D eigenvalue weighted by Gasteiger charge is -2.32. The van der Waals surface area contributed by atoms with Crippen molar-refractivity contribution in [2.24, 2.45) is 0 Å². The largest absolute Gasteiger partial charge is 0.373 e. The van der Waals surface area contributed by atoms with Crippen molar-refractivity contribution in [1.82, 2.24) is 14.8 Å². The van der Waals surface area contributed by atoms with Gasteiger partial charge in [0.2, 0.25) is 0 Å². The molecule has 0 aliphatic carbocycles. The van der Waals surface area contributed by atoms with E-state index in [9.17, 15) is 4.79 Å². The van der Waals surface area contributed by atoms with Gasteiger partial charge in [-0.2, -0.15) is 0 Å². The molecule has 6 heteroatoms. The molecular weight excluding hydrogens is 294 g/mol. The van der Waals surface area contributed by atoms with E-state index in [1.807, 2.05) is 25.1 Å². The maximum absolute atomic E-state index is 12.8. The Balaban J connectivity index is 1.69. The van der Waals surface area contributed by atoms with Crippen molar-refractivity contribution in [3.63, 3.8) is 0 Å². The minimum Gasteiger partial charge on any atom is -0.373 e. The third-order valence-corrected chi connectivity index (χ3v) is 4.52. The Kier molecular flexibility index (Phi) is 5.25. The number of pyridine rings is 1. The van der Waals surface area contributed by atoms with Crippen LogP contribution < -0.4 is 0 Å².